The second-order valence-corrected chi connectivity index (χ2v) is 3.99. The minimum absolute atomic E-state index is 0.0791. The highest BCUT2D eigenvalue weighted by molar-refractivity contribution is 5.02. The Bertz CT molecular complexity index is 180. The van der Waals surface area contributed by atoms with Crippen LogP contribution in [-0.2, 0) is 0 Å². The van der Waals surface area contributed by atoms with Crippen molar-refractivity contribution in [2.75, 3.05) is 13.1 Å². The quantitative estimate of drug-likeness (QED) is 0.571. The van der Waals surface area contributed by atoms with E-state index in [0.717, 1.165) is 19.5 Å². The van der Waals surface area contributed by atoms with Gasteiger partial charge < -0.3 is 0 Å². The summed E-state index contributed by atoms with van der Waals surface area (Å²) in [5.74, 6) is 0. The zero-order valence-corrected chi connectivity index (χ0v) is 7.59. The van der Waals surface area contributed by atoms with Crippen molar-refractivity contribution in [1.82, 2.24) is 4.90 Å². The number of nitriles is 1. The van der Waals surface area contributed by atoms with Gasteiger partial charge in [0, 0.05) is 19.1 Å². The van der Waals surface area contributed by atoms with Gasteiger partial charge in [-0.1, -0.05) is 0 Å². The first-order valence-corrected chi connectivity index (χ1v) is 4.23. The van der Waals surface area contributed by atoms with Crippen LogP contribution in [0.1, 0.15) is 27.2 Å². The third-order valence-corrected chi connectivity index (χ3v) is 2.50. The molecule has 1 atom stereocenters. The molecule has 2 nitrogen and oxygen atoms in total. The van der Waals surface area contributed by atoms with Crippen LogP contribution in [-0.4, -0.2) is 24.0 Å². The van der Waals surface area contributed by atoms with E-state index in [2.05, 4.69) is 31.7 Å². The smallest absolute Gasteiger partial charge is 0.0700 e. The van der Waals surface area contributed by atoms with Gasteiger partial charge >= 0.3 is 0 Å². The van der Waals surface area contributed by atoms with Crippen molar-refractivity contribution in [3.05, 3.63) is 0 Å². The first-order valence-electron chi connectivity index (χ1n) is 4.23. The third kappa shape index (κ3) is 1.72. The van der Waals surface area contributed by atoms with Crippen molar-refractivity contribution < 1.29 is 0 Å². The topological polar surface area (TPSA) is 27.0 Å². The maximum atomic E-state index is 8.85. The molecule has 0 amide bonds. The maximum Gasteiger partial charge on any atom is 0.0700 e. The molecule has 0 saturated carbocycles. The number of rotatable bonds is 1. The SMILES string of the molecule is CC(C)N1CC[C@@](C)(C#N)C1. The van der Waals surface area contributed by atoms with Gasteiger partial charge in [0.05, 0.1) is 11.5 Å². The molecule has 2 heteroatoms. The zero-order valence-electron chi connectivity index (χ0n) is 7.59. The molecule has 0 unspecified atom stereocenters. The molecule has 0 aromatic carbocycles. The molecular weight excluding hydrogens is 136 g/mol. The van der Waals surface area contributed by atoms with Gasteiger partial charge in [-0.15, -0.1) is 0 Å². The highest BCUT2D eigenvalue weighted by Gasteiger charge is 2.34. The lowest BCUT2D eigenvalue weighted by Crippen LogP contribution is -2.30. The van der Waals surface area contributed by atoms with E-state index in [4.69, 9.17) is 5.26 Å². The van der Waals surface area contributed by atoms with Crippen LogP contribution >= 0.6 is 0 Å². The molecule has 1 aliphatic rings. The van der Waals surface area contributed by atoms with Crippen molar-refractivity contribution >= 4 is 0 Å². The van der Waals surface area contributed by atoms with Gasteiger partial charge in [-0.25, -0.2) is 0 Å². The fourth-order valence-corrected chi connectivity index (χ4v) is 1.53. The van der Waals surface area contributed by atoms with Crippen molar-refractivity contribution in [3.63, 3.8) is 0 Å². The summed E-state index contributed by atoms with van der Waals surface area (Å²) in [5.41, 5.74) is -0.0791. The molecular formula is C9H16N2. The van der Waals surface area contributed by atoms with Crippen molar-refractivity contribution in [2.24, 2.45) is 5.41 Å². The van der Waals surface area contributed by atoms with Crippen LogP contribution in [0.4, 0.5) is 0 Å². The Kier molecular flexibility index (Phi) is 2.20. The largest absolute Gasteiger partial charge is 0.299 e. The normalized spacial score (nSPS) is 32.6. The summed E-state index contributed by atoms with van der Waals surface area (Å²) < 4.78 is 0. The zero-order chi connectivity index (χ0) is 8.48. The predicted molar refractivity (Wildman–Crippen MR) is 45.0 cm³/mol. The van der Waals surface area contributed by atoms with Crippen LogP contribution in [0.15, 0.2) is 0 Å². The van der Waals surface area contributed by atoms with Gasteiger partial charge in [0.2, 0.25) is 0 Å². The number of nitrogens with zero attached hydrogens (tertiary/aromatic N) is 2. The van der Waals surface area contributed by atoms with Gasteiger partial charge in [-0.2, -0.15) is 5.26 Å². The van der Waals surface area contributed by atoms with Gasteiger partial charge in [0.25, 0.3) is 0 Å². The Morgan fingerprint density at radius 2 is 2.18 bits per heavy atom. The molecule has 1 saturated heterocycles. The summed E-state index contributed by atoms with van der Waals surface area (Å²) >= 11 is 0. The second kappa shape index (κ2) is 2.83. The van der Waals surface area contributed by atoms with E-state index in [0.29, 0.717) is 6.04 Å². The highest BCUT2D eigenvalue weighted by Crippen LogP contribution is 2.29. The molecule has 0 spiro atoms. The Labute approximate surface area is 68.8 Å². The Hall–Kier alpha value is -0.550. The monoisotopic (exact) mass is 152 g/mol. The summed E-state index contributed by atoms with van der Waals surface area (Å²) in [7, 11) is 0. The van der Waals surface area contributed by atoms with Crippen LogP contribution in [0, 0.1) is 16.7 Å². The lowest BCUT2D eigenvalue weighted by molar-refractivity contribution is 0.255. The molecule has 1 rings (SSSR count). The predicted octanol–water partition coefficient (Wildman–Crippen LogP) is 1.63. The minimum atomic E-state index is -0.0791. The van der Waals surface area contributed by atoms with E-state index >= 15 is 0 Å². The molecule has 0 aromatic heterocycles. The molecule has 62 valence electrons. The fourth-order valence-electron chi connectivity index (χ4n) is 1.53. The van der Waals surface area contributed by atoms with E-state index in [1.54, 1.807) is 0 Å². The van der Waals surface area contributed by atoms with E-state index < -0.39 is 0 Å². The number of hydrogen-bond acceptors (Lipinski definition) is 2. The van der Waals surface area contributed by atoms with E-state index in [-0.39, 0.29) is 5.41 Å². The first kappa shape index (κ1) is 8.55. The van der Waals surface area contributed by atoms with Crippen molar-refractivity contribution in [1.29, 1.82) is 5.26 Å². The van der Waals surface area contributed by atoms with E-state index in [9.17, 15) is 0 Å². The Balaban J connectivity index is 2.55. The Morgan fingerprint density at radius 1 is 1.55 bits per heavy atom. The van der Waals surface area contributed by atoms with Gasteiger partial charge in [0.1, 0.15) is 0 Å². The third-order valence-electron chi connectivity index (χ3n) is 2.50. The van der Waals surface area contributed by atoms with Crippen LogP contribution in [0.2, 0.25) is 0 Å². The number of likely N-dealkylation sites (tertiary alicyclic amines) is 1. The average molecular weight is 152 g/mol. The van der Waals surface area contributed by atoms with E-state index in [1.165, 1.54) is 0 Å². The maximum absolute atomic E-state index is 8.85. The molecule has 1 aliphatic heterocycles. The molecule has 1 fully saturated rings. The summed E-state index contributed by atoms with van der Waals surface area (Å²) in [6, 6.07) is 2.97. The minimum Gasteiger partial charge on any atom is -0.299 e. The van der Waals surface area contributed by atoms with Crippen molar-refractivity contribution in [2.45, 2.75) is 33.2 Å². The molecule has 11 heavy (non-hydrogen) atoms. The average Bonchev–Trinajstić information content (AvgIpc) is 2.33. The molecule has 1 heterocycles. The van der Waals surface area contributed by atoms with Gasteiger partial charge in [-0.05, 0) is 27.2 Å². The van der Waals surface area contributed by atoms with Gasteiger partial charge in [-0.3, -0.25) is 4.90 Å². The summed E-state index contributed by atoms with van der Waals surface area (Å²) in [4.78, 5) is 2.36. The summed E-state index contributed by atoms with van der Waals surface area (Å²) in [6.45, 7) is 8.45. The molecule has 0 bridgehead atoms. The lowest BCUT2D eigenvalue weighted by atomic mass is 9.92. The summed E-state index contributed by atoms with van der Waals surface area (Å²) in [5, 5.41) is 8.85. The van der Waals surface area contributed by atoms with E-state index in [1.807, 2.05) is 0 Å². The highest BCUT2D eigenvalue weighted by atomic mass is 15.2. The van der Waals surface area contributed by atoms with Gasteiger partial charge in [0.15, 0.2) is 0 Å². The molecule has 0 radical (unpaired) electrons. The Morgan fingerprint density at radius 3 is 2.45 bits per heavy atom. The second-order valence-electron chi connectivity index (χ2n) is 3.99. The first-order chi connectivity index (χ1) is 5.07. The molecule has 0 aromatic rings. The standard InChI is InChI=1S/C9H16N2/c1-8(2)11-5-4-9(3,6-10)7-11/h8H,4-5,7H2,1-3H3/t9-/m0/s1. The molecule has 0 N–H and O–H groups in total. The van der Waals surface area contributed by atoms with Crippen LogP contribution in [0.5, 0.6) is 0 Å². The van der Waals surface area contributed by atoms with Crippen molar-refractivity contribution in [3.8, 4) is 6.07 Å². The lowest BCUT2D eigenvalue weighted by Gasteiger charge is -2.21. The fraction of sp³-hybridized carbons (Fsp3) is 0.889. The van der Waals surface area contributed by atoms with Crippen LogP contribution < -0.4 is 0 Å². The van der Waals surface area contributed by atoms with Crippen LogP contribution in [0.25, 0.3) is 0 Å². The molecule has 0 aliphatic carbocycles. The number of hydrogen-bond donors (Lipinski definition) is 0. The summed E-state index contributed by atoms with van der Waals surface area (Å²) in [6.07, 6.45) is 1.03. The van der Waals surface area contributed by atoms with Crippen LogP contribution in [0.3, 0.4) is 0 Å².